The van der Waals surface area contributed by atoms with Crippen molar-refractivity contribution in [2.24, 2.45) is 5.73 Å². The molecule has 8 nitrogen and oxygen atoms in total. The maximum Gasteiger partial charge on any atom is 0.331 e. The minimum absolute atomic E-state index is 0. The van der Waals surface area contributed by atoms with E-state index in [1.807, 2.05) is 46.8 Å². The van der Waals surface area contributed by atoms with Gasteiger partial charge >= 0.3 is 5.97 Å². The first-order chi connectivity index (χ1) is 20.2. The number of amides is 1. The Morgan fingerprint density at radius 3 is 2.37 bits per heavy atom. The summed E-state index contributed by atoms with van der Waals surface area (Å²) in [4.78, 5) is 31.0. The smallest absolute Gasteiger partial charge is 0.331 e. The number of carbonyl (C=O) groups is 2. The van der Waals surface area contributed by atoms with E-state index in [0.29, 0.717) is 43.2 Å². The molecule has 2 aromatic carbocycles. The van der Waals surface area contributed by atoms with E-state index in [9.17, 15) is 14.7 Å². The van der Waals surface area contributed by atoms with Gasteiger partial charge in [0.15, 0.2) is 6.04 Å². The number of oxazole rings is 1. The maximum atomic E-state index is 12.7. The Kier molecular flexibility index (Phi) is 11.1. The average Bonchev–Trinajstić information content (AvgIpc) is 3.25. The summed E-state index contributed by atoms with van der Waals surface area (Å²) < 4.78 is 12.0. The van der Waals surface area contributed by atoms with Crippen molar-refractivity contribution in [3.8, 4) is 17.2 Å². The third kappa shape index (κ3) is 9.16. The summed E-state index contributed by atoms with van der Waals surface area (Å²) in [6.07, 6.45) is 7.69. The van der Waals surface area contributed by atoms with Crippen LogP contribution in [0.15, 0.2) is 59.1 Å². The molecule has 0 radical (unpaired) electrons. The largest absolute Gasteiger partial charge is 0.493 e. The Morgan fingerprint density at radius 1 is 1.12 bits per heavy atom. The summed E-state index contributed by atoms with van der Waals surface area (Å²) in [5.41, 5.74) is 12.1. The first kappa shape index (κ1) is 33.3. The van der Waals surface area contributed by atoms with Crippen molar-refractivity contribution in [3.63, 3.8) is 0 Å². The number of hydrogen-bond acceptors (Lipinski definition) is 6. The predicted octanol–water partition coefficient (Wildman–Crippen LogP) is 6.58. The third-order valence-electron chi connectivity index (χ3n) is 6.80. The van der Waals surface area contributed by atoms with Crippen LogP contribution in [0, 0.1) is 27.7 Å². The Morgan fingerprint density at radius 2 is 1.77 bits per heavy atom. The Bertz CT molecular complexity index is 1480. The Hall–Kier alpha value is -4.17. The summed E-state index contributed by atoms with van der Waals surface area (Å²) in [7, 11) is 0. The van der Waals surface area contributed by atoms with Crippen LogP contribution in [0.2, 0.25) is 0 Å². The third-order valence-corrected chi connectivity index (χ3v) is 6.80. The lowest BCUT2D eigenvalue weighted by molar-refractivity contribution is -0.149. The summed E-state index contributed by atoms with van der Waals surface area (Å²) in [6, 6.07) is 8.66. The normalized spacial score (nSPS) is 14.9. The van der Waals surface area contributed by atoms with Gasteiger partial charge in [0, 0.05) is 30.1 Å². The van der Waals surface area contributed by atoms with Gasteiger partial charge in [-0.3, -0.25) is 4.79 Å². The SMILES string of the molecule is CC(C)(C)N.CC=CC=CC(=O)N1CCc2ccc(OCCc3nc(-c4c(C)cc(C)cc4C)oc3C)cc2C1C(=O)O. The molecule has 0 saturated heterocycles. The van der Waals surface area contributed by atoms with Crippen molar-refractivity contribution in [2.75, 3.05) is 13.2 Å². The molecule has 43 heavy (non-hydrogen) atoms. The molecule has 1 aliphatic rings. The van der Waals surface area contributed by atoms with E-state index in [2.05, 4.69) is 32.9 Å². The molecule has 230 valence electrons. The molecule has 1 atom stereocenters. The Balaban J connectivity index is 0.000000934. The highest BCUT2D eigenvalue weighted by atomic mass is 16.5. The lowest BCUT2D eigenvalue weighted by Gasteiger charge is -2.34. The van der Waals surface area contributed by atoms with Crippen LogP contribution in [-0.2, 0) is 22.4 Å². The van der Waals surface area contributed by atoms with Crippen molar-refractivity contribution in [3.05, 3.63) is 93.9 Å². The van der Waals surface area contributed by atoms with Crippen molar-refractivity contribution in [1.29, 1.82) is 0 Å². The van der Waals surface area contributed by atoms with E-state index < -0.39 is 12.0 Å². The fourth-order valence-corrected chi connectivity index (χ4v) is 5.08. The van der Waals surface area contributed by atoms with Crippen LogP contribution in [0.5, 0.6) is 5.75 Å². The number of hydrogen-bond donors (Lipinski definition) is 2. The van der Waals surface area contributed by atoms with Crippen LogP contribution in [0.1, 0.15) is 73.0 Å². The van der Waals surface area contributed by atoms with E-state index in [-0.39, 0.29) is 11.4 Å². The number of allylic oxidation sites excluding steroid dienone is 3. The summed E-state index contributed by atoms with van der Waals surface area (Å²) in [5, 5.41) is 9.98. The summed E-state index contributed by atoms with van der Waals surface area (Å²) in [6.45, 7) is 16.5. The number of carboxylic acid groups (broad SMARTS) is 1. The van der Waals surface area contributed by atoms with Gasteiger partial charge in [-0.15, -0.1) is 0 Å². The van der Waals surface area contributed by atoms with E-state index >= 15 is 0 Å². The van der Waals surface area contributed by atoms with Crippen molar-refractivity contribution in [1.82, 2.24) is 9.88 Å². The van der Waals surface area contributed by atoms with Crippen LogP contribution in [0.3, 0.4) is 0 Å². The molecule has 1 amide bonds. The second-order valence-corrected chi connectivity index (χ2v) is 12.0. The van der Waals surface area contributed by atoms with Crippen LogP contribution in [0.25, 0.3) is 11.5 Å². The van der Waals surface area contributed by atoms with Crippen LogP contribution in [-0.4, -0.2) is 45.6 Å². The minimum Gasteiger partial charge on any atom is -0.493 e. The molecule has 4 rings (SSSR count). The van der Waals surface area contributed by atoms with E-state index in [1.165, 1.54) is 16.5 Å². The fraction of sp³-hybridized carbons (Fsp3) is 0.400. The van der Waals surface area contributed by atoms with Crippen molar-refractivity contribution in [2.45, 2.75) is 79.8 Å². The van der Waals surface area contributed by atoms with Crippen LogP contribution in [0.4, 0.5) is 0 Å². The molecule has 0 aliphatic carbocycles. The second kappa shape index (κ2) is 14.3. The number of rotatable bonds is 8. The number of aliphatic carboxylic acids is 1. The topological polar surface area (TPSA) is 119 Å². The molecule has 0 fully saturated rings. The van der Waals surface area contributed by atoms with Gasteiger partial charge in [-0.2, -0.15) is 0 Å². The number of nitrogens with two attached hydrogens (primary N) is 1. The minimum atomic E-state index is -1.07. The van der Waals surface area contributed by atoms with Gasteiger partial charge in [0.25, 0.3) is 0 Å². The van der Waals surface area contributed by atoms with E-state index in [1.54, 1.807) is 24.3 Å². The zero-order chi connectivity index (χ0) is 31.9. The monoisotopic (exact) mass is 587 g/mol. The number of benzene rings is 2. The lowest BCUT2D eigenvalue weighted by atomic mass is 9.92. The van der Waals surface area contributed by atoms with Crippen molar-refractivity contribution < 1.29 is 23.8 Å². The molecule has 3 aromatic rings. The molecule has 1 unspecified atom stereocenters. The quantitative estimate of drug-likeness (QED) is 0.226. The predicted molar refractivity (Wildman–Crippen MR) is 170 cm³/mol. The number of aryl methyl sites for hydroxylation is 4. The number of aromatic nitrogens is 1. The molecular formula is C35H45N3O5. The second-order valence-electron chi connectivity index (χ2n) is 12.0. The number of carboxylic acids is 1. The van der Waals surface area contributed by atoms with Gasteiger partial charge in [0.2, 0.25) is 11.8 Å². The zero-order valence-electron chi connectivity index (χ0n) is 26.7. The first-order valence-corrected chi connectivity index (χ1v) is 14.6. The molecule has 0 spiro atoms. The van der Waals surface area contributed by atoms with Gasteiger partial charge in [0.05, 0.1) is 12.3 Å². The molecule has 1 aromatic heterocycles. The lowest BCUT2D eigenvalue weighted by Crippen LogP contribution is -2.42. The molecule has 2 heterocycles. The molecule has 0 saturated carbocycles. The highest BCUT2D eigenvalue weighted by Gasteiger charge is 2.35. The van der Waals surface area contributed by atoms with Gasteiger partial charge < -0.3 is 24.9 Å². The Labute approximate surface area is 255 Å². The number of carbonyl (C=O) groups excluding carboxylic acids is 1. The number of fused-ring (bicyclic) bond motifs is 1. The highest BCUT2D eigenvalue weighted by Crippen LogP contribution is 2.34. The zero-order valence-corrected chi connectivity index (χ0v) is 26.7. The summed E-state index contributed by atoms with van der Waals surface area (Å²) >= 11 is 0. The molecule has 0 bridgehead atoms. The highest BCUT2D eigenvalue weighted by molar-refractivity contribution is 5.92. The standard InChI is InChI=1S/C31H34N2O5.C4H11N/c1-6-7-8-9-27(34)33-14-12-23-10-11-24(18-25(23)29(33)31(35)36)37-15-13-26-22(5)38-30(32-26)28-20(3)16-19(2)17-21(28)4;1-4(2,3)5/h6-11,16-18,29H,12-15H2,1-5H3,(H,35,36);5H2,1-3H3. The van der Waals surface area contributed by atoms with E-state index in [0.717, 1.165) is 33.7 Å². The van der Waals surface area contributed by atoms with Gasteiger partial charge in [-0.1, -0.05) is 42.0 Å². The summed E-state index contributed by atoms with van der Waals surface area (Å²) in [5.74, 6) is 0.519. The van der Waals surface area contributed by atoms with Gasteiger partial charge in [0.1, 0.15) is 11.5 Å². The maximum absolute atomic E-state index is 12.7. The van der Waals surface area contributed by atoms with Crippen molar-refractivity contribution >= 4 is 11.9 Å². The molecule has 8 heteroatoms. The first-order valence-electron chi connectivity index (χ1n) is 14.6. The number of ether oxygens (including phenoxy) is 1. The molecule has 1 aliphatic heterocycles. The number of nitrogens with zero attached hydrogens (tertiary/aromatic N) is 2. The van der Waals surface area contributed by atoms with Crippen LogP contribution >= 0.6 is 0 Å². The average molecular weight is 588 g/mol. The fourth-order valence-electron chi connectivity index (χ4n) is 5.08. The molecule has 3 N–H and O–H groups in total. The molecular weight excluding hydrogens is 542 g/mol. The van der Waals surface area contributed by atoms with Gasteiger partial charge in [-0.05, 0) is 96.2 Å². The van der Waals surface area contributed by atoms with Crippen LogP contribution < -0.4 is 10.5 Å². The van der Waals surface area contributed by atoms with Gasteiger partial charge in [-0.25, -0.2) is 9.78 Å². The van der Waals surface area contributed by atoms with E-state index in [4.69, 9.17) is 19.9 Å².